The molecular formula is C13H21BrN2O3S. The highest BCUT2D eigenvalue weighted by molar-refractivity contribution is 9.10. The molecule has 1 aromatic rings. The van der Waals surface area contributed by atoms with E-state index in [2.05, 4.69) is 20.7 Å². The Kier molecular flexibility index (Phi) is 6.94. The summed E-state index contributed by atoms with van der Waals surface area (Å²) < 4.78 is 27.7. The lowest BCUT2D eigenvalue weighted by Gasteiger charge is -2.16. The van der Waals surface area contributed by atoms with Crippen molar-refractivity contribution in [3.05, 3.63) is 22.7 Å². The minimum absolute atomic E-state index is 0.0609. The molecule has 0 aliphatic heterocycles. The van der Waals surface area contributed by atoms with Crippen molar-refractivity contribution < 1.29 is 13.5 Å². The van der Waals surface area contributed by atoms with Crippen LogP contribution in [0.1, 0.15) is 26.2 Å². The molecule has 0 heterocycles. The number of nitrogens with two attached hydrogens (primary N) is 1. The number of aliphatic hydroxyl groups excluding tert-OH is 1. The molecule has 0 aliphatic carbocycles. The number of hydrogen-bond acceptors (Lipinski definition) is 4. The summed E-state index contributed by atoms with van der Waals surface area (Å²) in [7, 11) is -3.63. The lowest BCUT2D eigenvalue weighted by Crippen LogP contribution is -2.30. The van der Waals surface area contributed by atoms with E-state index in [-0.39, 0.29) is 23.1 Å². The van der Waals surface area contributed by atoms with E-state index in [0.29, 0.717) is 17.4 Å². The average molecular weight is 365 g/mol. The van der Waals surface area contributed by atoms with Crippen LogP contribution in [-0.4, -0.2) is 26.7 Å². The van der Waals surface area contributed by atoms with Crippen LogP contribution < -0.4 is 10.5 Å². The van der Waals surface area contributed by atoms with E-state index >= 15 is 0 Å². The van der Waals surface area contributed by atoms with Gasteiger partial charge in [0.05, 0.1) is 5.69 Å². The second kappa shape index (κ2) is 7.97. The fourth-order valence-electron chi connectivity index (χ4n) is 1.99. The number of hydrogen-bond donors (Lipinski definition) is 3. The van der Waals surface area contributed by atoms with Crippen LogP contribution in [0.3, 0.4) is 0 Å². The van der Waals surface area contributed by atoms with Crippen molar-refractivity contribution in [2.45, 2.75) is 31.1 Å². The molecule has 1 atom stereocenters. The number of halogens is 1. The molecule has 7 heteroatoms. The smallest absolute Gasteiger partial charge is 0.242 e. The van der Waals surface area contributed by atoms with Crippen molar-refractivity contribution in [3.8, 4) is 0 Å². The van der Waals surface area contributed by atoms with Crippen molar-refractivity contribution in [2.24, 2.45) is 5.92 Å². The molecule has 4 N–H and O–H groups in total. The van der Waals surface area contributed by atoms with Crippen LogP contribution >= 0.6 is 15.9 Å². The Balaban J connectivity index is 2.81. The first-order valence-corrected chi connectivity index (χ1v) is 8.84. The summed E-state index contributed by atoms with van der Waals surface area (Å²) in [6, 6.07) is 4.73. The van der Waals surface area contributed by atoms with Crippen molar-refractivity contribution in [3.63, 3.8) is 0 Å². The van der Waals surface area contributed by atoms with Gasteiger partial charge in [-0.15, -0.1) is 0 Å². The minimum atomic E-state index is -3.63. The number of rotatable bonds is 8. The molecule has 0 bridgehead atoms. The Bertz CT molecular complexity index is 528. The summed E-state index contributed by atoms with van der Waals surface area (Å²) in [6.07, 6.45) is 2.41. The van der Waals surface area contributed by atoms with Gasteiger partial charge in [0.15, 0.2) is 0 Å². The van der Waals surface area contributed by atoms with Crippen molar-refractivity contribution in [2.75, 3.05) is 18.9 Å². The standard InChI is InChI=1S/C13H21BrN2O3S/c1-2-3-10(6-7-17)9-16-20(18,19)13-8-11(14)4-5-12(13)15/h4-5,8,10,16-17H,2-3,6-7,9,15H2,1H3. The molecule has 1 rings (SSSR count). The summed E-state index contributed by atoms with van der Waals surface area (Å²) in [5.74, 6) is 0.133. The van der Waals surface area contributed by atoms with Crippen LogP contribution in [-0.2, 0) is 10.0 Å². The molecular weight excluding hydrogens is 344 g/mol. The summed E-state index contributed by atoms with van der Waals surface area (Å²) >= 11 is 3.24. The van der Waals surface area contributed by atoms with Gasteiger partial charge in [0.1, 0.15) is 4.90 Å². The predicted octanol–water partition coefficient (Wildman–Crippen LogP) is 2.11. The molecule has 0 amide bonds. The second-order valence-electron chi connectivity index (χ2n) is 4.70. The highest BCUT2D eigenvalue weighted by Gasteiger charge is 2.19. The van der Waals surface area contributed by atoms with Gasteiger partial charge in [-0.05, 0) is 37.0 Å². The number of sulfonamides is 1. The van der Waals surface area contributed by atoms with Crippen molar-refractivity contribution in [1.29, 1.82) is 0 Å². The number of anilines is 1. The zero-order valence-electron chi connectivity index (χ0n) is 11.5. The van der Waals surface area contributed by atoms with Crippen LogP contribution in [0.5, 0.6) is 0 Å². The maximum Gasteiger partial charge on any atom is 0.242 e. The number of nitrogens with one attached hydrogen (secondary N) is 1. The van der Waals surface area contributed by atoms with E-state index < -0.39 is 10.0 Å². The van der Waals surface area contributed by atoms with Crippen molar-refractivity contribution in [1.82, 2.24) is 4.72 Å². The molecule has 0 saturated heterocycles. The highest BCUT2D eigenvalue weighted by Crippen LogP contribution is 2.23. The van der Waals surface area contributed by atoms with Crippen LogP contribution in [0.4, 0.5) is 5.69 Å². The highest BCUT2D eigenvalue weighted by atomic mass is 79.9. The van der Waals surface area contributed by atoms with Gasteiger partial charge >= 0.3 is 0 Å². The topological polar surface area (TPSA) is 92.4 Å². The Morgan fingerprint density at radius 2 is 2.10 bits per heavy atom. The first-order valence-electron chi connectivity index (χ1n) is 6.56. The lowest BCUT2D eigenvalue weighted by molar-refractivity contribution is 0.251. The monoisotopic (exact) mass is 364 g/mol. The molecule has 0 aromatic heterocycles. The number of nitrogen functional groups attached to an aromatic ring is 1. The molecule has 0 radical (unpaired) electrons. The van der Waals surface area contributed by atoms with Gasteiger partial charge in [-0.3, -0.25) is 0 Å². The second-order valence-corrected chi connectivity index (χ2v) is 7.35. The third kappa shape index (κ3) is 5.05. The number of benzene rings is 1. The fraction of sp³-hybridized carbons (Fsp3) is 0.538. The van der Waals surface area contributed by atoms with E-state index in [1.807, 2.05) is 6.92 Å². The van der Waals surface area contributed by atoms with Crippen LogP contribution in [0, 0.1) is 5.92 Å². The van der Waals surface area contributed by atoms with Gasteiger partial charge in [0.2, 0.25) is 10.0 Å². The third-order valence-electron chi connectivity index (χ3n) is 3.06. The molecule has 114 valence electrons. The first kappa shape index (κ1) is 17.4. The number of aliphatic hydroxyl groups is 1. The zero-order chi connectivity index (χ0) is 15.2. The Morgan fingerprint density at radius 3 is 2.70 bits per heavy atom. The first-order chi connectivity index (χ1) is 9.40. The quantitative estimate of drug-likeness (QED) is 0.615. The maximum atomic E-state index is 12.2. The molecule has 0 saturated carbocycles. The van der Waals surface area contributed by atoms with Crippen molar-refractivity contribution >= 4 is 31.6 Å². The minimum Gasteiger partial charge on any atom is -0.398 e. The summed E-state index contributed by atoms with van der Waals surface area (Å²) in [5, 5.41) is 8.99. The van der Waals surface area contributed by atoms with Gasteiger partial charge < -0.3 is 10.8 Å². The largest absolute Gasteiger partial charge is 0.398 e. The Morgan fingerprint density at radius 1 is 1.40 bits per heavy atom. The summed E-state index contributed by atoms with van der Waals surface area (Å²) in [5.41, 5.74) is 5.94. The van der Waals surface area contributed by atoms with Gasteiger partial charge in [0, 0.05) is 17.6 Å². The molecule has 1 aromatic carbocycles. The average Bonchev–Trinajstić information content (AvgIpc) is 2.39. The van der Waals surface area contributed by atoms with Crippen LogP contribution in [0.2, 0.25) is 0 Å². The zero-order valence-corrected chi connectivity index (χ0v) is 13.9. The fourth-order valence-corrected chi connectivity index (χ4v) is 3.77. The predicted molar refractivity (Wildman–Crippen MR) is 83.8 cm³/mol. The Labute approximate surface area is 128 Å². The Hall–Kier alpha value is -0.630. The third-order valence-corrected chi connectivity index (χ3v) is 5.03. The molecule has 0 spiro atoms. The van der Waals surface area contributed by atoms with Gasteiger partial charge in [0.25, 0.3) is 0 Å². The van der Waals surface area contributed by atoms with E-state index in [4.69, 9.17) is 10.8 Å². The normalized spacial score (nSPS) is 13.3. The molecule has 1 unspecified atom stereocenters. The van der Waals surface area contributed by atoms with E-state index in [0.717, 1.165) is 12.8 Å². The van der Waals surface area contributed by atoms with Gasteiger partial charge in [-0.2, -0.15) is 0 Å². The SMILES string of the molecule is CCCC(CCO)CNS(=O)(=O)c1cc(Br)ccc1N. The van der Waals surface area contributed by atoms with E-state index in [1.165, 1.54) is 6.07 Å². The van der Waals surface area contributed by atoms with Crippen LogP contribution in [0.25, 0.3) is 0 Å². The summed E-state index contributed by atoms with van der Waals surface area (Å²) in [6.45, 7) is 2.40. The van der Waals surface area contributed by atoms with Gasteiger partial charge in [-0.1, -0.05) is 29.3 Å². The van der Waals surface area contributed by atoms with Gasteiger partial charge in [-0.25, -0.2) is 13.1 Å². The maximum absolute atomic E-state index is 12.2. The van der Waals surface area contributed by atoms with E-state index in [9.17, 15) is 8.42 Å². The van der Waals surface area contributed by atoms with E-state index in [1.54, 1.807) is 12.1 Å². The molecule has 5 nitrogen and oxygen atoms in total. The summed E-state index contributed by atoms with van der Waals surface area (Å²) in [4.78, 5) is 0.0751. The molecule has 20 heavy (non-hydrogen) atoms. The molecule has 0 aliphatic rings. The lowest BCUT2D eigenvalue weighted by atomic mass is 10.0. The van der Waals surface area contributed by atoms with Crippen LogP contribution in [0.15, 0.2) is 27.6 Å². The molecule has 0 fully saturated rings.